The minimum Gasteiger partial charge on any atom is -0.451 e. The van der Waals surface area contributed by atoms with Gasteiger partial charge in [0.05, 0.1) is 13.1 Å². The molecule has 5 nitrogen and oxygen atoms in total. The first-order valence-corrected chi connectivity index (χ1v) is 3.55. The van der Waals surface area contributed by atoms with E-state index in [2.05, 4.69) is 13.2 Å². The van der Waals surface area contributed by atoms with Crippen LogP contribution in [0, 0.1) is 0 Å². The van der Waals surface area contributed by atoms with Gasteiger partial charge in [-0.2, -0.15) is 0 Å². The van der Waals surface area contributed by atoms with E-state index in [9.17, 15) is 9.59 Å². The lowest BCUT2D eigenvalue weighted by molar-refractivity contribution is -0.119. The van der Waals surface area contributed by atoms with E-state index < -0.39 is 11.6 Å². The predicted molar refractivity (Wildman–Crippen MR) is 47.5 cm³/mol. The molecule has 0 aromatic carbocycles. The predicted octanol–water partition coefficient (Wildman–Crippen LogP) is -0.914. The molecule has 4 N–H and O–H groups in total. The molecule has 0 aromatic rings. The number of ketones is 2. The zero-order valence-electron chi connectivity index (χ0n) is 7.21. The summed E-state index contributed by atoms with van der Waals surface area (Å²) in [5.41, 5.74) is 10.1. The van der Waals surface area contributed by atoms with Crippen LogP contribution in [-0.4, -0.2) is 24.7 Å². The summed E-state index contributed by atoms with van der Waals surface area (Å²) >= 11 is 0. The molecule has 0 unspecified atom stereocenters. The van der Waals surface area contributed by atoms with Crippen molar-refractivity contribution in [3.05, 3.63) is 24.7 Å². The molecular formula is C8H12N2O3. The van der Waals surface area contributed by atoms with Crippen molar-refractivity contribution in [3.63, 3.8) is 0 Å². The van der Waals surface area contributed by atoms with Crippen molar-refractivity contribution in [3.8, 4) is 0 Å². The van der Waals surface area contributed by atoms with Crippen molar-refractivity contribution in [1.29, 1.82) is 0 Å². The Balaban J connectivity index is 4.15. The first-order valence-electron chi connectivity index (χ1n) is 3.55. The number of Topliss-reactive ketones (excluding diaryl/α,β-unsaturated/α-hetero) is 2. The third kappa shape index (κ3) is 3.64. The molecule has 0 aliphatic rings. The topological polar surface area (TPSA) is 95.4 Å². The highest BCUT2D eigenvalue weighted by Crippen LogP contribution is 2.03. The summed E-state index contributed by atoms with van der Waals surface area (Å²) in [5.74, 6) is -1.36. The van der Waals surface area contributed by atoms with E-state index in [1.165, 1.54) is 0 Å². The SMILES string of the molecule is C=C(OC(=C)C(=O)CN)C(=O)CN. The third-order valence-electron chi connectivity index (χ3n) is 1.24. The van der Waals surface area contributed by atoms with E-state index in [0.29, 0.717) is 0 Å². The molecule has 72 valence electrons. The fourth-order valence-electron chi connectivity index (χ4n) is 0.490. The smallest absolute Gasteiger partial charge is 0.210 e. The van der Waals surface area contributed by atoms with Crippen LogP contribution >= 0.6 is 0 Å². The Morgan fingerprint density at radius 3 is 1.54 bits per heavy atom. The Hall–Kier alpha value is -1.46. The fraction of sp³-hybridized carbons (Fsp3) is 0.250. The first kappa shape index (κ1) is 11.5. The van der Waals surface area contributed by atoms with Crippen LogP contribution in [0.1, 0.15) is 0 Å². The van der Waals surface area contributed by atoms with Crippen LogP contribution in [0.2, 0.25) is 0 Å². The first-order chi connectivity index (χ1) is 6.02. The Morgan fingerprint density at radius 2 is 1.31 bits per heavy atom. The molecule has 0 heterocycles. The maximum Gasteiger partial charge on any atom is 0.210 e. The van der Waals surface area contributed by atoms with Gasteiger partial charge in [-0.15, -0.1) is 0 Å². The normalized spacial score (nSPS) is 9.08. The fourth-order valence-corrected chi connectivity index (χ4v) is 0.490. The number of carbonyl (C=O) groups is 2. The van der Waals surface area contributed by atoms with Gasteiger partial charge in [0.15, 0.2) is 11.5 Å². The van der Waals surface area contributed by atoms with Crippen molar-refractivity contribution >= 4 is 11.6 Å². The molecule has 0 rings (SSSR count). The number of ether oxygens (including phenoxy) is 1. The highest BCUT2D eigenvalue weighted by Gasteiger charge is 2.11. The molecule has 0 atom stereocenters. The number of nitrogens with two attached hydrogens (primary N) is 2. The van der Waals surface area contributed by atoms with Gasteiger partial charge in [0.2, 0.25) is 11.6 Å². The van der Waals surface area contributed by atoms with Gasteiger partial charge in [-0.3, -0.25) is 9.59 Å². The Morgan fingerprint density at radius 1 is 1.00 bits per heavy atom. The van der Waals surface area contributed by atoms with Gasteiger partial charge in [0.1, 0.15) is 0 Å². The van der Waals surface area contributed by atoms with Gasteiger partial charge < -0.3 is 16.2 Å². The van der Waals surface area contributed by atoms with E-state index in [4.69, 9.17) is 16.2 Å². The van der Waals surface area contributed by atoms with Crippen molar-refractivity contribution in [2.24, 2.45) is 11.5 Å². The summed E-state index contributed by atoms with van der Waals surface area (Å²) in [6, 6.07) is 0. The second-order valence-electron chi connectivity index (χ2n) is 2.20. The van der Waals surface area contributed by atoms with E-state index in [0.717, 1.165) is 0 Å². The summed E-state index contributed by atoms with van der Waals surface area (Å²) in [6.07, 6.45) is 0. The minimum absolute atomic E-state index is 0.200. The number of carbonyl (C=O) groups excluding carboxylic acids is 2. The van der Waals surface area contributed by atoms with E-state index in [1.54, 1.807) is 0 Å². The third-order valence-corrected chi connectivity index (χ3v) is 1.24. The maximum atomic E-state index is 10.8. The molecule has 5 heteroatoms. The van der Waals surface area contributed by atoms with Crippen LogP contribution in [0.4, 0.5) is 0 Å². The second kappa shape index (κ2) is 5.23. The van der Waals surface area contributed by atoms with Gasteiger partial charge in [-0.05, 0) is 0 Å². The van der Waals surface area contributed by atoms with Gasteiger partial charge in [0.25, 0.3) is 0 Å². The molecule has 0 amide bonds. The van der Waals surface area contributed by atoms with Crippen molar-refractivity contribution in [2.75, 3.05) is 13.1 Å². The second-order valence-corrected chi connectivity index (χ2v) is 2.20. The quantitative estimate of drug-likeness (QED) is 0.411. The molecule has 13 heavy (non-hydrogen) atoms. The highest BCUT2D eigenvalue weighted by atomic mass is 16.5. The summed E-state index contributed by atoms with van der Waals surface area (Å²) < 4.78 is 4.71. The molecule has 0 saturated heterocycles. The summed E-state index contributed by atoms with van der Waals surface area (Å²) in [6.45, 7) is 6.11. The molecule has 0 spiro atoms. The van der Waals surface area contributed by atoms with E-state index in [1.807, 2.05) is 0 Å². The molecule has 0 bridgehead atoms. The summed E-state index contributed by atoms with van der Waals surface area (Å²) in [7, 11) is 0. The molecule has 0 radical (unpaired) electrons. The molecular weight excluding hydrogens is 172 g/mol. The Labute approximate surface area is 76.0 Å². The van der Waals surface area contributed by atoms with Gasteiger partial charge >= 0.3 is 0 Å². The number of hydrogen-bond acceptors (Lipinski definition) is 5. The van der Waals surface area contributed by atoms with Gasteiger partial charge in [-0.25, -0.2) is 0 Å². The van der Waals surface area contributed by atoms with Crippen LogP contribution in [0.5, 0.6) is 0 Å². The van der Waals surface area contributed by atoms with Crippen molar-refractivity contribution < 1.29 is 14.3 Å². The zero-order chi connectivity index (χ0) is 10.4. The lowest BCUT2D eigenvalue weighted by Crippen LogP contribution is -2.21. The van der Waals surface area contributed by atoms with E-state index in [-0.39, 0.29) is 24.6 Å². The molecule has 0 fully saturated rings. The molecule has 0 aromatic heterocycles. The maximum absolute atomic E-state index is 10.8. The number of rotatable bonds is 6. The average molecular weight is 184 g/mol. The van der Waals surface area contributed by atoms with Gasteiger partial charge in [-0.1, -0.05) is 13.2 Å². The number of hydrogen-bond donors (Lipinski definition) is 2. The Bertz CT molecular complexity index is 232. The summed E-state index contributed by atoms with van der Waals surface area (Å²) in [5, 5.41) is 0. The van der Waals surface area contributed by atoms with Crippen LogP contribution < -0.4 is 11.5 Å². The largest absolute Gasteiger partial charge is 0.451 e. The lowest BCUT2D eigenvalue weighted by atomic mass is 10.3. The van der Waals surface area contributed by atoms with E-state index >= 15 is 0 Å². The Kier molecular flexibility index (Phi) is 4.64. The minimum atomic E-state index is -0.481. The monoisotopic (exact) mass is 184 g/mol. The average Bonchev–Trinajstić information content (AvgIpc) is 2.14. The molecule has 0 saturated carbocycles. The van der Waals surface area contributed by atoms with Crippen LogP contribution in [-0.2, 0) is 14.3 Å². The zero-order valence-corrected chi connectivity index (χ0v) is 7.21. The standard InChI is InChI=1S/C8H12N2O3/c1-5(7(11)3-9)13-6(2)8(12)4-10/h1-4,9-10H2. The molecule has 0 aliphatic heterocycles. The lowest BCUT2D eigenvalue weighted by Gasteiger charge is -2.06. The summed E-state index contributed by atoms with van der Waals surface area (Å²) in [4.78, 5) is 21.6. The van der Waals surface area contributed by atoms with Crippen molar-refractivity contribution in [2.45, 2.75) is 0 Å². The van der Waals surface area contributed by atoms with Gasteiger partial charge in [0, 0.05) is 0 Å². The highest BCUT2D eigenvalue weighted by molar-refractivity contribution is 5.98. The van der Waals surface area contributed by atoms with Crippen LogP contribution in [0.25, 0.3) is 0 Å². The van der Waals surface area contributed by atoms with Crippen LogP contribution in [0.15, 0.2) is 24.7 Å². The van der Waals surface area contributed by atoms with Crippen molar-refractivity contribution in [1.82, 2.24) is 0 Å². The molecule has 0 aliphatic carbocycles. The van der Waals surface area contributed by atoms with Crippen LogP contribution in [0.3, 0.4) is 0 Å².